The Bertz CT molecular complexity index is 1110. The van der Waals surface area contributed by atoms with Crippen molar-refractivity contribution in [1.29, 1.82) is 0 Å². The molecule has 38 heavy (non-hydrogen) atoms. The van der Waals surface area contributed by atoms with E-state index in [1.54, 1.807) is 30.3 Å². The second kappa shape index (κ2) is 14.4. The van der Waals surface area contributed by atoms with Crippen LogP contribution in [0.25, 0.3) is 0 Å². The summed E-state index contributed by atoms with van der Waals surface area (Å²) in [5, 5.41) is 17.2. The first-order valence-electron chi connectivity index (χ1n) is 13.5. The molecule has 0 bridgehead atoms. The topological polar surface area (TPSA) is 116 Å². The third-order valence-corrected chi connectivity index (χ3v) is 9.08. The summed E-state index contributed by atoms with van der Waals surface area (Å²) in [6, 6.07) is 16.8. The summed E-state index contributed by atoms with van der Waals surface area (Å²) in [6.45, 7) is 4.15. The van der Waals surface area contributed by atoms with Gasteiger partial charge in [-0.2, -0.15) is 4.31 Å². The Kier molecular flexibility index (Phi) is 11.3. The predicted molar refractivity (Wildman–Crippen MR) is 148 cm³/mol. The van der Waals surface area contributed by atoms with Gasteiger partial charge in [0.15, 0.2) is 0 Å². The van der Waals surface area contributed by atoms with Crippen molar-refractivity contribution in [3.05, 3.63) is 66.2 Å². The van der Waals surface area contributed by atoms with Crippen LogP contribution in [0.1, 0.15) is 51.5 Å². The minimum Gasteiger partial charge on any atom is -0.390 e. The Morgan fingerprint density at radius 3 is 2.32 bits per heavy atom. The van der Waals surface area contributed by atoms with Gasteiger partial charge in [-0.15, -0.1) is 0 Å². The lowest BCUT2D eigenvalue weighted by atomic mass is 9.83. The highest BCUT2D eigenvalue weighted by Gasteiger charge is 2.35. The largest absolute Gasteiger partial charge is 0.390 e. The van der Waals surface area contributed by atoms with Gasteiger partial charge in [-0.1, -0.05) is 75.2 Å². The number of amides is 2. The molecule has 3 N–H and O–H groups in total. The molecule has 1 aliphatic rings. The number of carbonyl (C=O) groups excluding carboxylic acids is 2. The minimum absolute atomic E-state index is 0.150. The molecule has 8 nitrogen and oxygen atoms in total. The Labute approximate surface area is 226 Å². The fraction of sp³-hybridized carbons (Fsp3) is 0.517. The zero-order chi connectivity index (χ0) is 27.5. The number of hydrogen-bond acceptors (Lipinski definition) is 5. The summed E-state index contributed by atoms with van der Waals surface area (Å²) in [6.07, 6.45) is 3.66. The average molecular weight is 544 g/mol. The number of hydrogen-bond donors (Lipinski definition) is 3. The van der Waals surface area contributed by atoms with Crippen LogP contribution in [0.15, 0.2) is 65.6 Å². The van der Waals surface area contributed by atoms with E-state index >= 15 is 0 Å². The number of rotatable bonds is 14. The maximum absolute atomic E-state index is 13.5. The van der Waals surface area contributed by atoms with E-state index in [1.165, 1.54) is 4.31 Å². The number of nitrogens with zero attached hydrogens (tertiary/aromatic N) is 1. The molecule has 9 heteroatoms. The second-order valence-electron chi connectivity index (χ2n) is 10.5. The molecule has 1 aliphatic carbocycles. The summed E-state index contributed by atoms with van der Waals surface area (Å²) < 4.78 is 28.4. The Balaban J connectivity index is 1.84. The molecule has 4 atom stereocenters. The SMILES string of the molecule is CC(C)CCN(CC(O)C(Cc1ccccc1)NC(=O)C1CCCCC1NC=O)S(=O)(=O)c1ccccc1. The Morgan fingerprint density at radius 1 is 1.05 bits per heavy atom. The van der Waals surface area contributed by atoms with E-state index in [9.17, 15) is 23.1 Å². The van der Waals surface area contributed by atoms with Crippen molar-refractivity contribution in [2.24, 2.45) is 11.8 Å². The standard InChI is InChI=1S/C29H41N3O5S/c1-22(2)17-18-32(38(36,37)24-13-7-4-8-14-24)20-28(34)27(19-23-11-5-3-6-12-23)31-29(35)25-15-9-10-16-26(25)30-21-33/h3-8,11-14,21-22,25-28,34H,9-10,15-20H2,1-2H3,(H,30,33)(H,31,35). The number of benzene rings is 2. The van der Waals surface area contributed by atoms with Crippen LogP contribution in [0.4, 0.5) is 0 Å². The predicted octanol–water partition coefficient (Wildman–Crippen LogP) is 3.12. The van der Waals surface area contributed by atoms with E-state index in [2.05, 4.69) is 10.6 Å². The van der Waals surface area contributed by atoms with E-state index in [4.69, 9.17) is 0 Å². The van der Waals surface area contributed by atoms with Gasteiger partial charge in [0.05, 0.1) is 23.0 Å². The first-order valence-corrected chi connectivity index (χ1v) is 14.9. The Hall–Kier alpha value is -2.75. The fourth-order valence-corrected chi connectivity index (χ4v) is 6.46. The molecule has 208 valence electrons. The second-order valence-corrected chi connectivity index (χ2v) is 12.5. The van der Waals surface area contributed by atoms with E-state index in [1.807, 2.05) is 44.2 Å². The zero-order valence-corrected chi connectivity index (χ0v) is 23.1. The first-order chi connectivity index (χ1) is 18.2. The average Bonchev–Trinajstić information content (AvgIpc) is 2.91. The number of nitrogens with one attached hydrogen (secondary N) is 2. The van der Waals surface area contributed by atoms with Gasteiger partial charge >= 0.3 is 0 Å². The van der Waals surface area contributed by atoms with Gasteiger partial charge in [-0.25, -0.2) is 8.42 Å². The molecule has 2 amide bonds. The molecule has 0 spiro atoms. The molecule has 2 aromatic carbocycles. The highest BCUT2D eigenvalue weighted by Crippen LogP contribution is 2.25. The van der Waals surface area contributed by atoms with Gasteiger partial charge < -0.3 is 15.7 Å². The molecular weight excluding hydrogens is 502 g/mol. The normalized spacial score (nSPS) is 19.6. The maximum Gasteiger partial charge on any atom is 0.243 e. The quantitative estimate of drug-likeness (QED) is 0.317. The van der Waals surface area contributed by atoms with Crippen LogP contribution in [-0.2, 0) is 26.0 Å². The molecule has 0 saturated heterocycles. The maximum atomic E-state index is 13.5. The summed E-state index contributed by atoms with van der Waals surface area (Å²) >= 11 is 0. The molecular formula is C29H41N3O5S. The van der Waals surface area contributed by atoms with E-state index in [0.717, 1.165) is 24.8 Å². The molecule has 1 saturated carbocycles. The van der Waals surface area contributed by atoms with Crippen LogP contribution in [0.2, 0.25) is 0 Å². The van der Waals surface area contributed by atoms with Crippen molar-refractivity contribution in [3.8, 4) is 0 Å². The van der Waals surface area contributed by atoms with Crippen molar-refractivity contribution in [2.75, 3.05) is 13.1 Å². The lowest BCUT2D eigenvalue weighted by molar-refractivity contribution is -0.128. The van der Waals surface area contributed by atoms with Crippen molar-refractivity contribution in [2.45, 2.75) is 75.5 Å². The van der Waals surface area contributed by atoms with Crippen LogP contribution in [0, 0.1) is 11.8 Å². The van der Waals surface area contributed by atoms with Crippen LogP contribution < -0.4 is 10.6 Å². The summed E-state index contributed by atoms with van der Waals surface area (Å²) in [4.78, 5) is 24.7. The minimum atomic E-state index is -3.85. The number of aliphatic hydroxyl groups is 1. The molecule has 0 heterocycles. The summed E-state index contributed by atoms with van der Waals surface area (Å²) in [5.74, 6) is -0.359. The van der Waals surface area contributed by atoms with Crippen LogP contribution >= 0.6 is 0 Å². The van der Waals surface area contributed by atoms with E-state index in [-0.39, 0.29) is 35.9 Å². The third-order valence-electron chi connectivity index (χ3n) is 7.20. The van der Waals surface area contributed by atoms with Crippen LogP contribution in [-0.4, -0.2) is 61.4 Å². The molecule has 1 fully saturated rings. The van der Waals surface area contributed by atoms with E-state index in [0.29, 0.717) is 25.7 Å². The summed E-state index contributed by atoms with van der Waals surface area (Å²) in [5.41, 5.74) is 0.919. The van der Waals surface area contributed by atoms with Gasteiger partial charge in [0.25, 0.3) is 0 Å². The molecule has 4 unspecified atom stereocenters. The monoisotopic (exact) mass is 543 g/mol. The fourth-order valence-electron chi connectivity index (χ4n) is 4.96. The first kappa shape index (κ1) is 29.8. The molecule has 2 aromatic rings. The van der Waals surface area contributed by atoms with Gasteiger partial charge in [0.2, 0.25) is 22.3 Å². The zero-order valence-electron chi connectivity index (χ0n) is 22.3. The number of sulfonamides is 1. The van der Waals surface area contributed by atoms with E-state index < -0.39 is 28.1 Å². The highest BCUT2D eigenvalue weighted by molar-refractivity contribution is 7.89. The van der Waals surface area contributed by atoms with Crippen molar-refractivity contribution in [3.63, 3.8) is 0 Å². The Morgan fingerprint density at radius 2 is 1.68 bits per heavy atom. The van der Waals surface area contributed by atoms with Crippen LogP contribution in [0.3, 0.4) is 0 Å². The van der Waals surface area contributed by atoms with Gasteiger partial charge in [-0.05, 0) is 49.3 Å². The number of aliphatic hydroxyl groups excluding tert-OH is 1. The van der Waals surface area contributed by atoms with Gasteiger partial charge in [-0.3, -0.25) is 9.59 Å². The highest BCUT2D eigenvalue weighted by atomic mass is 32.2. The van der Waals surface area contributed by atoms with Crippen LogP contribution in [0.5, 0.6) is 0 Å². The molecule has 3 rings (SSSR count). The lowest BCUT2D eigenvalue weighted by Crippen LogP contribution is -2.54. The molecule has 0 aliphatic heterocycles. The number of carbonyl (C=O) groups is 2. The van der Waals surface area contributed by atoms with Crippen molar-refractivity contribution in [1.82, 2.24) is 14.9 Å². The summed E-state index contributed by atoms with van der Waals surface area (Å²) in [7, 11) is -3.85. The lowest BCUT2D eigenvalue weighted by Gasteiger charge is -2.34. The van der Waals surface area contributed by atoms with Crippen molar-refractivity contribution < 1.29 is 23.1 Å². The van der Waals surface area contributed by atoms with Crippen molar-refractivity contribution >= 4 is 22.3 Å². The smallest absolute Gasteiger partial charge is 0.243 e. The van der Waals surface area contributed by atoms with Gasteiger partial charge in [0.1, 0.15) is 0 Å². The third kappa shape index (κ3) is 8.38. The molecule has 0 radical (unpaired) electrons. The van der Waals surface area contributed by atoms with Gasteiger partial charge in [0, 0.05) is 19.1 Å². The molecule has 0 aromatic heterocycles.